The molecule has 1 aliphatic rings. The van der Waals surface area contributed by atoms with Gasteiger partial charge in [-0.05, 0) is 42.5 Å². The zero-order valence-electron chi connectivity index (χ0n) is 13.0. The SMILES string of the molecule is Nc1nncc2cc(N3CCC(c4ccccc4)CC3)ccc12. The van der Waals surface area contributed by atoms with Gasteiger partial charge in [-0.15, -0.1) is 5.10 Å². The summed E-state index contributed by atoms with van der Waals surface area (Å²) in [6, 6.07) is 17.2. The van der Waals surface area contributed by atoms with Gasteiger partial charge in [-0.3, -0.25) is 0 Å². The van der Waals surface area contributed by atoms with E-state index in [0.29, 0.717) is 11.7 Å². The number of piperidine rings is 1. The fourth-order valence-corrected chi connectivity index (χ4v) is 3.49. The van der Waals surface area contributed by atoms with Crippen LogP contribution in [0, 0.1) is 0 Å². The summed E-state index contributed by atoms with van der Waals surface area (Å²) in [7, 11) is 0. The Morgan fingerprint density at radius 1 is 1.00 bits per heavy atom. The summed E-state index contributed by atoms with van der Waals surface area (Å²) in [5.41, 5.74) is 8.59. The second-order valence-corrected chi connectivity index (χ2v) is 6.17. The molecule has 1 aromatic heterocycles. The topological polar surface area (TPSA) is 55.0 Å². The first-order chi connectivity index (χ1) is 11.3. The second-order valence-electron chi connectivity index (χ2n) is 6.17. The molecule has 3 aromatic rings. The van der Waals surface area contributed by atoms with Crippen molar-refractivity contribution < 1.29 is 0 Å². The van der Waals surface area contributed by atoms with E-state index in [1.165, 1.54) is 24.1 Å². The lowest BCUT2D eigenvalue weighted by molar-refractivity contribution is 0.505. The number of hydrogen-bond acceptors (Lipinski definition) is 4. The molecule has 0 radical (unpaired) electrons. The molecule has 0 unspecified atom stereocenters. The molecule has 0 atom stereocenters. The Morgan fingerprint density at radius 2 is 1.78 bits per heavy atom. The van der Waals surface area contributed by atoms with E-state index in [-0.39, 0.29) is 0 Å². The van der Waals surface area contributed by atoms with Crippen LogP contribution < -0.4 is 10.6 Å². The molecule has 0 bridgehead atoms. The van der Waals surface area contributed by atoms with Crippen molar-refractivity contribution in [1.82, 2.24) is 10.2 Å². The Bertz CT molecular complexity index is 808. The molecule has 2 heterocycles. The van der Waals surface area contributed by atoms with Gasteiger partial charge in [-0.25, -0.2) is 0 Å². The van der Waals surface area contributed by atoms with E-state index in [1.807, 2.05) is 0 Å². The van der Waals surface area contributed by atoms with Crippen molar-refractivity contribution in [3.05, 3.63) is 60.3 Å². The zero-order valence-corrected chi connectivity index (χ0v) is 13.0. The van der Waals surface area contributed by atoms with Crippen LogP contribution in [-0.4, -0.2) is 23.3 Å². The number of anilines is 2. The summed E-state index contributed by atoms with van der Waals surface area (Å²) in [5, 5.41) is 9.89. The largest absolute Gasteiger partial charge is 0.382 e. The molecule has 1 saturated heterocycles. The maximum absolute atomic E-state index is 5.88. The van der Waals surface area contributed by atoms with E-state index in [2.05, 4.69) is 63.6 Å². The highest BCUT2D eigenvalue weighted by Gasteiger charge is 2.20. The number of aromatic nitrogens is 2. The minimum atomic E-state index is 0.497. The van der Waals surface area contributed by atoms with Crippen molar-refractivity contribution in [3.8, 4) is 0 Å². The molecule has 4 nitrogen and oxygen atoms in total. The number of nitrogens with two attached hydrogens (primary N) is 1. The third-order valence-electron chi connectivity index (χ3n) is 4.80. The second kappa shape index (κ2) is 5.88. The third kappa shape index (κ3) is 2.72. The van der Waals surface area contributed by atoms with E-state index in [9.17, 15) is 0 Å². The highest BCUT2D eigenvalue weighted by atomic mass is 15.1. The van der Waals surface area contributed by atoms with Crippen LogP contribution in [-0.2, 0) is 0 Å². The maximum atomic E-state index is 5.88. The van der Waals surface area contributed by atoms with Crippen molar-refractivity contribution in [3.63, 3.8) is 0 Å². The fourth-order valence-electron chi connectivity index (χ4n) is 3.49. The lowest BCUT2D eigenvalue weighted by atomic mass is 9.89. The van der Waals surface area contributed by atoms with Gasteiger partial charge in [-0.2, -0.15) is 5.10 Å². The smallest absolute Gasteiger partial charge is 0.153 e. The van der Waals surface area contributed by atoms with Crippen LogP contribution in [0.1, 0.15) is 24.3 Å². The first-order valence-corrected chi connectivity index (χ1v) is 8.12. The minimum Gasteiger partial charge on any atom is -0.382 e. The molecule has 116 valence electrons. The summed E-state index contributed by atoms with van der Waals surface area (Å²) < 4.78 is 0. The number of nitrogen functional groups attached to an aromatic ring is 1. The monoisotopic (exact) mass is 304 g/mol. The molecule has 0 spiro atoms. The standard InChI is InChI=1S/C19H20N4/c20-19-18-7-6-17(12-16(18)13-21-22-19)23-10-8-15(9-11-23)14-4-2-1-3-5-14/h1-7,12-13,15H,8-11H2,(H2,20,22). The van der Waals surface area contributed by atoms with Gasteiger partial charge in [0, 0.05) is 29.5 Å². The van der Waals surface area contributed by atoms with Crippen LogP contribution in [0.2, 0.25) is 0 Å². The molecule has 4 rings (SSSR count). The van der Waals surface area contributed by atoms with Gasteiger partial charge < -0.3 is 10.6 Å². The molecule has 1 fully saturated rings. The predicted molar refractivity (Wildman–Crippen MR) is 94.6 cm³/mol. The zero-order chi connectivity index (χ0) is 15.6. The normalized spacial score (nSPS) is 15.9. The summed E-state index contributed by atoms with van der Waals surface area (Å²) in [5.74, 6) is 1.17. The summed E-state index contributed by atoms with van der Waals surface area (Å²) in [6.07, 6.45) is 4.17. The van der Waals surface area contributed by atoms with E-state index < -0.39 is 0 Å². The van der Waals surface area contributed by atoms with Gasteiger partial charge in [0.2, 0.25) is 0 Å². The Balaban J connectivity index is 1.52. The van der Waals surface area contributed by atoms with Crippen molar-refractivity contribution in [2.24, 2.45) is 0 Å². The number of hydrogen-bond donors (Lipinski definition) is 1. The van der Waals surface area contributed by atoms with E-state index in [4.69, 9.17) is 5.73 Å². The minimum absolute atomic E-state index is 0.497. The highest BCUT2D eigenvalue weighted by molar-refractivity contribution is 5.92. The quantitative estimate of drug-likeness (QED) is 0.786. The van der Waals surface area contributed by atoms with Crippen LogP contribution in [0.25, 0.3) is 10.8 Å². The van der Waals surface area contributed by atoms with Crippen molar-refractivity contribution in [2.45, 2.75) is 18.8 Å². The lowest BCUT2D eigenvalue weighted by Gasteiger charge is -2.34. The predicted octanol–water partition coefficient (Wildman–Crippen LogP) is 3.60. The van der Waals surface area contributed by atoms with Crippen molar-refractivity contribution in [2.75, 3.05) is 23.7 Å². The molecule has 4 heteroatoms. The van der Waals surface area contributed by atoms with Crippen molar-refractivity contribution >= 4 is 22.3 Å². The summed E-state index contributed by atoms with van der Waals surface area (Å²) in [6.45, 7) is 2.16. The van der Waals surface area contributed by atoms with Crippen LogP contribution in [0.3, 0.4) is 0 Å². The van der Waals surface area contributed by atoms with Gasteiger partial charge in [-0.1, -0.05) is 30.3 Å². The molecule has 0 amide bonds. The summed E-state index contributed by atoms with van der Waals surface area (Å²) in [4.78, 5) is 2.45. The number of fused-ring (bicyclic) bond motifs is 1. The Kier molecular flexibility index (Phi) is 3.58. The van der Waals surface area contributed by atoms with Crippen LogP contribution in [0.15, 0.2) is 54.7 Å². The molecule has 1 aliphatic heterocycles. The Morgan fingerprint density at radius 3 is 2.57 bits per heavy atom. The molecule has 23 heavy (non-hydrogen) atoms. The average Bonchev–Trinajstić information content (AvgIpc) is 2.63. The third-order valence-corrected chi connectivity index (χ3v) is 4.80. The average molecular weight is 304 g/mol. The molecular weight excluding hydrogens is 284 g/mol. The Labute approximate surface area is 135 Å². The molecule has 2 aromatic carbocycles. The van der Waals surface area contributed by atoms with E-state index >= 15 is 0 Å². The van der Waals surface area contributed by atoms with Crippen LogP contribution in [0.5, 0.6) is 0 Å². The molecule has 0 saturated carbocycles. The van der Waals surface area contributed by atoms with Crippen molar-refractivity contribution in [1.29, 1.82) is 0 Å². The summed E-state index contributed by atoms with van der Waals surface area (Å²) >= 11 is 0. The Hall–Kier alpha value is -2.62. The van der Waals surface area contributed by atoms with Crippen LogP contribution >= 0.6 is 0 Å². The highest BCUT2D eigenvalue weighted by Crippen LogP contribution is 2.31. The van der Waals surface area contributed by atoms with Crippen LogP contribution in [0.4, 0.5) is 11.5 Å². The van der Waals surface area contributed by atoms with Gasteiger partial charge in [0.15, 0.2) is 5.82 Å². The molecule has 0 aliphatic carbocycles. The first kappa shape index (κ1) is 14.0. The number of benzene rings is 2. The first-order valence-electron chi connectivity index (χ1n) is 8.12. The number of rotatable bonds is 2. The molecule has 2 N–H and O–H groups in total. The maximum Gasteiger partial charge on any atom is 0.153 e. The fraction of sp³-hybridized carbons (Fsp3) is 0.263. The molecular formula is C19H20N4. The lowest BCUT2D eigenvalue weighted by Crippen LogP contribution is -2.32. The number of nitrogens with zero attached hydrogens (tertiary/aromatic N) is 3. The van der Waals surface area contributed by atoms with E-state index in [0.717, 1.165) is 23.9 Å². The van der Waals surface area contributed by atoms with Gasteiger partial charge >= 0.3 is 0 Å². The van der Waals surface area contributed by atoms with Gasteiger partial charge in [0.25, 0.3) is 0 Å². The van der Waals surface area contributed by atoms with Gasteiger partial charge in [0.05, 0.1) is 6.20 Å². The van der Waals surface area contributed by atoms with Gasteiger partial charge in [0.1, 0.15) is 0 Å². The van der Waals surface area contributed by atoms with E-state index in [1.54, 1.807) is 6.20 Å².